The van der Waals surface area contributed by atoms with Gasteiger partial charge >= 0.3 is 0 Å². The van der Waals surface area contributed by atoms with Crippen LogP contribution in [0.15, 0.2) is 70.5 Å². The van der Waals surface area contributed by atoms with Crippen molar-refractivity contribution in [2.45, 2.75) is 41.6 Å². The van der Waals surface area contributed by atoms with Gasteiger partial charge in [-0.25, -0.2) is 4.39 Å². The maximum absolute atomic E-state index is 13.3. The Morgan fingerprint density at radius 2 is 1.88 bits per heavy atom. The molecule has 3 atom stereocenters. The Hall–Kier alpha value is -2.05. The van der Waals surface area contributed by atoms with Crippen molar-refractivity contribution in [3.63, 3.8) is 0 Å². The van der Waals surface area contributed by atoms with Crippen molar-refractivity contribution in [3.05, 3.63) is 82.6 Å². The number of anilines is 2. The molecular weight excluding hydrogens is 455 g/mol. The zero-order valence-corrected chi connectivity index (χ0v) is 19.9. The summed E-state index contributed by atoms with van der Waals surface area (Å²) < 4.78 is 13.3. The molecule has 0 aromatic heterocycles. The van der Waals surface area contributed by atoms with E-state index in [1.54, 1.807) is 23.9 Å². The summed E-state index contributed by atoms with van der Waals surface area (Å²) >= 11 is 8.43. The Kier molecular flexibility index (Phi) is 6.93. The topological polar surface area (TPSA) is 44.3 Å². The number of hydrogen-bond acceptors (Lipinski definition) is 4. The predicted molar refractivity (Wildman–Crippen MR) is 134 cm³/mol. The van der Waals surface area contributed by atoms with Gasteiger partial charge in [0.2, 0.25) is 0 Å². The summed E-state index contributed by atoms with van der Waals surface area (Å²) in [6.07, 6.45) is 3.22. The number of nitrogens with one attached hydrogen (secondary N) is 2. The fourth-order valence-electron chi connectivity index (χ4n) is 5.10. The molecule has 172 valence electrons. The molecule has 33 heavy (non-hydrogen) atoms. The lowest BCUT2D eigenvalue weighted by Crippen LogP contribution is -2.39. The summed E-state index contributed by atoms with van der Waals surface area (Å²) in [7, 11) is 0. The van der Waals surface area contributed by atoms with E-state index in [1.807, 2.05) is 12.1 Å². The highest BCUT2D eigenvalue weighted by molar-refractivity contribution is 7.99. The van der Waals surface area contributed by atoms with Crippen LogP contribution >= 0.6 is 23.4 Å². The Labute approximate surface area is 203 Å². The Morgan fingerprint density at radius 3 is 2.73 bits per heavy atom. The summed E-state index contributed by atoms with van der Waals surface area (Å²) in [4.78, 5) is 2.43. The van der Waals surface area contributed by atoms with E-state index in [-0.39, 0.29) is 11.7 Å². The summed E-state index contributed by atoms with van der Waals surface area (Å²) in [5.74, 6) is 0.253. The highest BCUT2D eigenvalue weighted by Crippen LogP contribution is 2.47. The zero-order chi connectivity index (χ0) is 22.8. The predicted octanol–water partition coefficient (Wildman–Crippen LogP) is 6.97. The first kappa shape index (κ1) is 22.7. The molecule has 3 N–H and O–H groups in total. The van der Waals surface area contributed by atoms with Crippen LogP contribution in [-0.2, 0) is 6.42 Å². The van der Waals surface area contributed by atoms with Crippen LogP contribution in [0.1, 0.15) is 36.5 Å². The zero-order valence-electron chi connectivity index (χ0n) is 18.4. The summed E-state index contributed by atoms with van der Waals surface area (Å²) in [6.45, 7) is 1.79. The first-order valence-electron chi connectivity index (χ1n) is 11.6. The second-order valence-corrected chi connectivity index (χ2v) is 10.4. The molecule has 3 aromatic carbocycles. The fourth-order valence-corrected chi connectivity index (χ4v) is 6.38. The van der Waals surface area contributed by atoms with Crippen LogP contribution < -0.4 is 10.6 Å². The smallest absolute Gasteiger partial charge is 0.123 e. The summed E-state index contributed by atoms with van der Waals surface area (Å²) in [5.41, 5.74) is 4.21. The molecule has 2 aliphatic rings. The lowest BCUT2D eigenvalue weighted by atomic mass is 9.77. The maximum atomic E-state index is 13.3. The van der Waals surface area contributed by atoms with E-state index >= 15 is 0 Å². The molecule has 0 amide bonds. The molecular formula is C27H28ClFN2OS. The third kappa shape index (κ3) is 4.92. The van der Waals surface area contributed by atoms with E-state index < -0.39 is 6.10 Å². The maximum Gasteiger partial charge on any atom is 0.123 e. The Morgan fingerprint density at radius 1 is 1.06 bits per heavy atom. The van der Waals surface area contributed by atoms with Crippen LogP contribution in [0.4, 0.5) is 15.8 Å². The highest BCUT2D eigenvalue weighted by atomic mass is 35.5. The minimum absolute atomic E-state index is 0.164. The lowest BCUT2D eigenvalue weighted by Gasteiger charge is -2.36. The molecule has 1 fully saturated rings. The van der Waals surface area contributed by atoms with Crippen LogP contribution in [0.5, 0.6) is 0 Å². The highest BCUT2D eigenvalue weighted by Gasteiger charge is 2.31. The van der Waals surface area contributed by atoms with Gasteiger partial charge in [0.1, 0.15) is 5.82 Å². The van der Waals surface area contributed by atoms with Crippen molar-refractivity contribution >= 4 is 34.7 Å². The first-order chi connectivity index (χ1) is 16.1. The van der Waals surface area contributed by atoms with Gasteiger partial charge in [0, 0.05) is 14.8 Å². The van der Waals surface area contributed by atoms with Gasteiger partial charge in [-0.15, -0.1) is 0 Å². The lowest BCUT2D eigenvalue weighted by molar-refractivity contribution is 0.0491. The van der Waals surface area contributed by atoms with Gasteiger partial charge in [-0.3, -0.25) is 0 Å². The third-order valence-corrected chi connectivity index (χ3v) is 8.36. The summed E-state index contributed by atoms with van der Waals surface area (Å²) in [6, 6.07) is 18.7. The fraction of sp³-hybridized carbons (Fsp3) is 0.333. The van der Waals surface area contributed by atoms with Crippen LogP contribution in [0.3, 0.4) is 0 Å². The normalized spacial score (nSPS) is 20.5. The number of piperidine rings is 1. The van der Waals surface area contributed by atoms with E-state index in [1.165, 1.54) is 21.9 Å². The van der Waals surface area contributed by atoms with Crippen LogP contribution in [0, 0.1) is 17.7 Å². The van der Waals surface area contributed by atoms with Gasteiger partial charge in [0.05, 0.1) is 17.5 Å². The standard InChI is InChI=1S/C27H28ClFN2OS/c28-22-12-13-25-26(31-23-6-1-2-7-24(23)33-25)21(22)5-3-4-18-16-30-15-14-20(18)27(32)17-8-10-19(29)11-9-17/h1-2,6-13,18,20,27,30-32H,3-5,14-16H2. The number of aliphatic hydroxyl groups excluding tert-OH is 1. The number of para-hydroxylation sites is 1. The Balaban J connectivity index is 1.28. The van der Waals surface area contributed by atoms with Gasteiger partial charge in [0.25, 0.3) is 0 Å². The molecule has 3 aromatic rings. The van der Waals surface area contributed by atoms with Crippen LogP contribution in [0.25, 0.3) is 0 Å². The molecule has 1 saturated heterocycles. The molecule has 3 nitrogen and oxygen atoms in total. The van der Waals surface area contributed by atoms with E-state index in [0.717, 1.165) is 66.3 Å². The third-order valence-electron chi connectivity index (χ3n) is 6.87. The molecule has 2 heterocycles. The first-order valence-corrected chi connectivity index (χ1v) is 12.8. The number of aliphatic hydroxyl groups is 1. The van der Waals surface area contributed by atoms with Crippen LogP contribution in [0.2, 0.25) is 5.02 Å². The van der Waals surface area contributed by atoms with E-state index in [0.29, 0.717) is 5.92 Å². The van der Waals surface area contributed by atoms with Crippen molar-refractivity contribution in [1.82, 2.24) is 5.32 Å². The molecule has 0 spiro atoms. The Bertz CT molecular complexity index is 1120. The van der Waals surface area contributed by atoms with Crippen molar-refractivity contribution in [1.29, 1.82) is 0 Å². The molecule has 2 aliphatic heterocycles. The van der Waals surface area contributed by atoms with Gasteiger partial charge in [-0.1, -0.05) is 47.6 Å². The number of rotatable bonds is 6. The minimum Gasteiger partial charge on any atom is -0.388 e. The largest absolute Gasteiger partial charge is 0.388 e. The second-order valence-electron chi connectivity index (χ2n) is 8.93. The number of fused-ring (bicyclic) bond motifs is 2. The van der Waals surface area contributed by atoms with E-state index in [2.05, 4.69) is 34.9 Å². The number of halogens is 2. The molecule has 5 rings (SSSR count). The van der Waals surface area contributed by atoms with Gasteiger partial charge in [-0.2, -0.15) is 0 Å². The number of hydrogen-bond donors (Lipinski definition) is 3. The van der Waals surface area contributed by atoms with Gasteiger partial charge in [0.15, 0.2) is 0 Å². The van der Waals surface area contributed by atoms with Gasteiger partial charge < -0.3 is 15.7 Å². The molecule has 0 aliphatic carbocycles. The molecule has 0 radical (unpaired) electrons. The van der Waals surface area contributed by atoms with E-state index in [9.17, 15) is 9.50 Å². The minimum atomic E-state index is -0.569. The average molecular weight is 483 g/mol. The van der Waals surface area contributed by atoms with Crippen LogP contribution in [-0.4, -0.2) is 18.2 Å². The van der Waals surface area contributed by atoms with E-state index in [4.69, 9.17) is 11.6 Å². The quantitative estimate of drug-likeness (QED) is 0.277. The molecule has 0 bridgehead atoms. The monoisotopic (exact) mass is 482 g/mol. The van der Waals surface area contributed by atoms with Crippen molar-refractivity contribution in [2.75, 3.05) is 18.4 Å². The number of benzene rings is 3. The van der Waals surface area contributed by atoms with Gasteiger partial charge in [-0.05, 0) is 98.1 Å². The molecule has 3 unspecified atom stereocenters. The molecule has 0 saturated carbocycles. The van der Waals surface area contributed by atoms with Crippen molar-refractivity contribution in [3.8, 4) is 0 Å². The SMILES string of the molecule is OC(c1ccc(F)cc1)C1CCNCC1CCCc1c(Cl)ccc2c1Nc1ccccc1S2. The van der Waals surface area contributed by atoms with Crippen molar-refractivity contribution < 1.29 is 9.50 Å². The average Bonchev–Trinajstić information content (AvgIpc) is 2.84. The summed E-state index contributed by atoms with van der Waals surface area (Å²) in [5, 5.41) is 18.9. The molecule has 6 heteroatoms. The second kappa shape index (κ2) is 10.1. The van der Waals surface area contributed by atoms with Crippen molar-refractivity contribution in [2.24, 2.45) is 11.8 Å².